The zero-order valence-electron chi connectivity index (χ0n) is 15.7. The number of carbonyl (C=O) groups excluding carboxylic acids is 3. The van der Waals surface area contributed by atoms with Gasteiger partial charge < -0.3 is 20.1 Å². The van der Waals surface area contributed by atoms with Crippen LogP contribution in [0.5, 0.6) is 5.75 Å². The molecule has 8 heteroatoms. The highest BCUT2D eigenvalue weighted by Crippen LogP contribution is 2.33. The van der Waals surface area contributed by atoms with Crippen molar-refractivity contribution in [1.29, 1.82) is 0 Å². The van der Waals surface area contributed by atoms with Crippen molar-refractivity contribution in [1.82, 2.24) is 0 Å². The van der Waals surface area contributed by atoms with E-state index in [2.05, 4.69) is 10.6 Å². The summed E-state index contributed by atoms with van der Waals surface area (Å²) in [4.78, 5) is 36.3. The van der Waals surface area contributed by atoms with Crippen molar-refractivity contribution in [2.24, 2.45) is 0 Å². The summed E-state index contributed by atoms with van der Waals surface area (Å²) in [5.74, 6) is -0.512. The first-order chi connectivity index (χ1) is 12.8. The number of hydrogen-bond acceptors (Lipinski definition) is 6. The van der Waals surface area contributed by atoms with Crippen LogP contribution in [-0.2, 0) is 14.3 Å². The summed E-state index contributed by atoms with van der Waals surface area (Å²) in [6.07, 6.45) is 0. The maximum atomic E-state index is 12.2. The van der Waals surface area contributed by atoms with Gasteiger partial charge in [-0.3, -0.25) is 9.59 Å². The molecule has 0 bridgehead atoms. The highest BCUT2D eigenvalue weighted by Gasteiger charge is 2.22. The van der Waals surface area contributed by atoms with Gasteiger partial charge in [-0.1, -0.05) is 0 Å². The molecular weight excluding hydrogens is 368 g/mol. The summed E-state index contributed by atoms with van der Waals surface area (Å²) >= 11 is 1.32. The van der Waals surface area contributed by atoms with Crippen LogP contribution in [-0.4, -0.2) is 31.0 Å². The number of anilines is 2. The van der Waals surface area contributed by atoms with Gasteiger partial charge in [0.2, 0.25) is 5.91 Å². The summed E-state index contributed by atoms with van der Waals surface area (Å²) in [6, 6.07) is 6.67. The fourth-order valence-electron chi connectivity index (χ4n) is 2.31. The van der Waals surface area contributed by atoms with Gasteiger partial charge in [0.05, 0.1) is 12.2 Å². The van der Waals surface area contributed by atoms with E-state index in [4.69, 9.17) is 9.47 Å². The number of aryl methyl sites for hydroxylation is 1. The molecule has 0 aliphatic heterocycles. The SMILES string of the molecule is CCOC(=O)c1c(NC(=O)COc2ccc(NC(C)=O)cc2)sc(C)c1C. The van der Waals surface area contributed by atoms with E-state index in [-0.39, 0.29) is 25.0 Å². The second-order valence-corrected chi connectivity index (χ2v) is 6.98. The molecule has 0 aliphatic carbocycles. The molecule has 0 saturated carbocycles. The van der Waals surface area contributed by atoms with Gasteiger partial charge in [0.15, 0.2) is 6.61 Å². The predicted octanol–water partition coefficient (Wildman–Crippen LogP) is 3.52. The predicted molar refractivity (Wildman–Crippen MR) is 105 cm³/mol. The summed E-state index contributed by atoms with van der Waals surface area (Å²) in [6.45, 7) is 6.91. The van der Waals surface area contributed by atoms with Crippen LogP contribution in [0.2, 0.25) is 0 Å². The lowest BCUT2D eigenvalue weighted by molar-refractivity contribution is -0.118. The minimum Gasteiger partial charge on any atom is -0.484 e. The van der Waals surface area contributed by atoms with Crippen LogP contribution in [0.4, 0.5) is 10.7 Å². The molecular formula is C19H22N2O5S. The van der Waals surface area contributed by atoms with Crippen LogP contribution in [0.15, 0.2) is 24.3 Å². The normalized spacial score (nSPS) is 10.2. The number of nitrogens with one attached hydrogen (secondary N) is 2. The number of carbonyl (C=O) groups is 3. The van der Waals surface area contributed by atoms with Gasteiger partial charge in [-0.05, 0) is 50.6 Å². The topological polar surface area (TPSA) is 93.7 Å². The lowest BCUT2D eigenvalue weighted by Crippen LogP contribution is -2.21. The number of amides is 2. The number of thiophene rings is 1. The van der Waals surface area contributed by atoms with Crippen molar-refractivity contribution in [2.45, 2.75) is 27.7 Å². The lowest BCUT2D eigenvalue weighted by Gasteiger charge is -2.09. The van der Waals surface area contributed by atoms with Gasteiger partial charge in [0.1, 0.15) is 10.8 Å². The summed E-state index contributed by atoms with van der Waals surface area (Å²) in [7, 11) is 0. The van der Waals surface area contributed by atoms with Gasteiger partial charge in [0, 0.05) is 17.5 Å². The van der Waals surface area contributed by atoms with Gasteiger partial charge >= 0.3 is 5.97 Å². The monoisotopic (exact) mass is 390 g/mol. The molecule has 0 spiro atoms. The van der Waals surface area contributed by atoms with Crippen molar-refractivity contribution in [3.63, 3.8) is 0 Å². The van der Waals surface area contributed by atoms with E-state index < -0.39 is 5.97 Å². The molecule has 1 aromatic carbocycles. The summed E-state index contributed by atoms with van der Waals surface area (Å²) < 4.78 is 10.5. The third kappa shape index (κ3) is 5.55. The molecule has 1 heterocycles. The van der Waals surface area contributed by atoms with E-state index in [0.717, 1.165) is 10.4 Å². The average Bonchev–Trinajstić information content (AvgIpc) is 2.88. The molecule has 0 atom stereocenters. The van der Waals surface area contributed by atoms with E-state index >= 15 is 0 Å². The number of rotatable bonds is 7. The molecule has 0 aliphatic rings. The van der Waals surface area contributed by atoms with Crippen LogP contribution >= 0.6 is 11.3 Å². The Morgan fingerprint density at radius 3 is 2.33 bits per heavy atom. The molecule has 0 radical (unpaired) electrons. The Kier molecular flexibility index (Phi) is 6.95. The average molecular weight is 390 g/mol. The molecule has 2 aromatic rings. The molecule has 0 unspecified atom stereocenters. The first-order valence-electron chi connectivity index (χ1n) is 8.39. The van der Waals surface area contributed by atoms with E-state index in [1.165, 1.54) is 18.3 Å². The highest BCUT2D eigenvalue weighted by atomic mass is 32.1. The van der Waals surface area contributed by atoms with E-state index in [1.54, 1.807) is 31.2 Å². The molecule has 2 N–H and O–H groups in total. The van der Waals surface area contributed by atoms with Crippen molar-refractivity contribution >= 4 is 39.8 Å². The quantitative estimate of drug-likeness (QED) is 0.706. The van der Waals surface area contributed by atoms with E-state index in [1.807, 2.05) is 13.8 Å². The number of hydrogen-bond donors (Lipinski definition) is 2. The Labute approximate surface area is 161 Å². The molecule has 27 heavy (non-hydrogen) atoms. The van der Waals surface area contributed by atoms with Crippen LogP contribution in [0.25, 0.3) is 0 Å². The maximum absolute atomic E-state index is 12.2. The van der Waals surface area contributed by atoms with Crippen LogP contribution in [0, 0.1) is 13.8 Å². The van der Waals surface area contributed by atoms with Crippen LogP contribution in [0.3, 0.4) is 0 Å². The van der Waals surface area contributed by atoms with Crippen molar-refractivity contribution in [3.8, 4) is 5.75 Å². The van der Waals surface area contributed by atoms with Gasteiger partial charge in [0.25, 0.3) is 5.91 Å². The van der Waals surface area contributed by atoms with Gasteiger partial charge in [-0.25, -0.2) is 4.79 Å². The van der Waals surface area contributed by atoms with Crippen molar-refractivity contribution < 1.29 is 23.9 Å². The maximum Gasteiger partial charge on any atom is 0.341 e. The zero-order valence-corrected chi connectivity index (χ0v) is 16.5. The number of esters is 1. The minimum absolute atomic E-state index is 0.165. The van der Waals surface area contributed by atoms with E-state index in [0.29, 0.717) is 22.0 Å². The largest absolute Gasteiger partial charge is 0.484 e. The third-order valence-corrected chi connectivity index (χ3v) is 4.79. The van der Waals surface area contributed by atoms with Crippen molar-refractivity contribution in [3.05, 3.63) is 40.3 Å². The minimum atomic E-state index is -0.455. The fraction of sp³-hybridized carbons (Fsp3) is 0.316. The standard InChI is InChI=1S/C19H22N2O5S/c1-5-25-19(24)17-11(2)12(3)27-18(17)21-16(23)10-26-15-8-6-14(7-9-15)20-13(4)22/h6-9H,5,10H2,1-4H3,(H,20,22)(H,21,23). The second-order valence-electron chi connectivity index (χ2n) is 5.75. The Balaban J connectivity index is 1.99. The Hall–Kier alpha value is -2.87. The fourth-order valence-corrected chi connectivity index (χ4v) is 3.38. The number of ether oxygens (including phenoxy) is 2. The lowest BCUT2D eigenvalue weighted by atomic mass is 10.1. The zero-order chi connectivity index (χ0) is 20.0. The van der Waals surface area contributed by atoms with Crippen LogP contribution in [0.1, 0.15) is 34.6 Å². The summed E-state index contributed by atoms with van der Waals surface area (Å²) in [5.41, 5.74) is 1.82. The molecule has 0 saturated heterocycles. The Morgan fingerprint density at radius 2 is 1.74 bits per heavy atom. The molecule has 7 nitrogen and oxygen atoms in total. The molecule has 0 fully saturated rings. The summed E-state index contributed by atoms with van der Waals surface area (Å²) in [5, 5.41) is 5.82. The first-order valence-corrected chi connectivity index (χ1v) is 9.20. The highest BCUT2D eigenvalue weighted by molar-refractivity contribution is 7.16. The van der Waals surface area contributed by atoms with Gasteiger partial charge in [-0.2, -0.15) is 0 Å². The number of benzene rings is 1. The molecule has 144 valence electrons. The van der Waals surface area contributed by atoms with E-state index in [9.17, 15) is 14.4 Å². The molecule has 2 amide bonds. The smallest absolute Gasteiger partial charge is 0.341 e. The van der Waals surface area contributed by atoms with Crippen molar-refractivity contribution in [2.75, 3.05) is 23.8 Å². The van der Waals surface area contributed by atoms with Gasteiger partial charge in [-0.15, -0.1) is 11.3 Å². The molecule has 2 rings (SSSR count). The third-order valence-electron chi connectivity index (χ3n) is 3.66. The van der Waals surface area contributed by atoms with Crippen LogP contribution < -0.4 is 15.4 Å². The Morgan fingerprint density at radius 1 is 1.07 bits per heavy atom. The molecule has 1 aromatic heterocycles. The first kappa shape index (κ1) is 20.4. The second kappa shape index (κ2) is 9.18. The Bertz CT molecular complexity index is 843.